The van der Waals surface area contributed by atoms with Gasteiger partial charge in [0.1, 0.15) is 16.3 Å². The van der Waals surface area contributed by atoms with E-state index in [1.807, 2.05) is 44.2 Å². The number of nitrogens with zero attached hydrogens (tertiary/aromatic N) is 3. The normalized spacial score (nSPS) is 20.1. The molecule has 4 aromatic rings. The van der Waals surface area contributed by atoms with Crippen LogP contribution in [0.3, 0.4) is 0 Å². The van der Waals surface area contributed by atoms with E-state index in [1.165, 1.54) is 11.3 Å². The Morgan fingerprint density at radius 1 is 1.09 bits per heavy atom. The lowest BCUT2D eigenvalue weighted by molar-refractivity contribution is -0.154. The molecule has 2 aromatic carbocycles. The number of benzene rings is 2. The van der Waals surface area contributed by atoms with E-state index < -0.39 is 34.8 Å². The monoisotopic (exact) mass is 612 g/mol. The van der Waals surface area contributed by atoms with Crippen LogP contribution >= 0.6 is 11.3 Å². The molecule has 1 saturated carbocycles. The highest BCUT2D eigenvalue weighted by Gasteiger charge is 2.49. The maximum absolute atomic E-state index is 13.3. The molecule has 226 valence electrons. The molecule has 0 amide bonds. The van der Waals surface area contributed by atoms with Crippen LogP contribution in [0.5, 0.6) is 0 Å². The van der Waals surface area contributed by atoms with Gasteiger partial charge in [0.25, 0.3) is 0 Å². The first kappa shape index (κ1) is 30.6. The van der Waals surface area contributed by atoms with E-state index in [2.05, 4.69) is 20.3 Å². The summed E-state index contributed by atoms with van der Waals surface area (Å²) in [5.74, 6) is -1.64. The average Bonchev–Trinajstić information content (AvgIpc) is 3.44. The number of carbonyl (C=O) groups is 1. The molecular weight excluding hydrogens is 581 g/mol. The number of halogens is 3. The summed E-state index contributed by atoms with van der Waals surface area (Å²) in [5.41, 5.74) is 0.847. The van der Waals surface area contributed by atoms with Gasteiger partial charge in [0.15, 0.2) is 0 Å². The lowest BCUT2D eigenvalue weighted by Crippen LogP contribution is -2.44. The summed E-state index contributed by atoms with van der Waals surface area (Å²) >= 11 is 1.30. The minimum atomic E-state index is -4.62. The zero-order valence-electron chi connectivity index (χ0n) is 23.8. The molecule has 0 unspecified atom stereocenters. The molecule has 43 heavy (non-hydrogen) atoms. The summed E-state index contributed by atoms with van der Waals surface area (Å²) < 4.78 is 45.0. The third-order valence-electron chi connectivity index (χ3n) is 7.76. The number of aliphatic hydroxyl groups is 1. The molecule has 0 spiro atoms. The van der Waals surface area contributed by atoms with Gasteiger partial charge in [0, 0.05) is 25.2 Å². The quantitative estimate of drug-likeness (QED) is 0.190. The third kappa shape index (κ3) is 6.71. The Labute approximate surface area is 250 Å². The second-order valence-corrected chi connectivity index (χ2v) is 12.5. The molecule has 12 heteroatoms. The Kier molecular flexibility index (Phi) is 8.30. The van der Waals surface area contributed by atoms with E-state index in [4.69, 9.17) is 4.74 Å². The van der Waals surface area contributed by atoms with E-state index in [9.17, 15) is 28.2 Å². The van der Waals surface area contributed by atoms with Crippen LogP contribution in [0, 0.1) is 11.3 Å². The first-order valence-electron chi connectivity index (χ1n) is 13.6. The highest BCUT2D eigenvalue weighted by molar-refractivity contribution is 7.15. The molecule has 3 N–H and O–H groups in total. The first-order chi connectivity index (χ1) is 20.3. The number of alkyl halides is 3. The zero-order valence-corrected chi connectivity index (χ0v) is 24.6. The number of aliphatic carboxylic acids is 1. The van der Waals surface area contributed by atoms with Crippen molar-refractivity contribution in [2.24, 2.45) is 11.3 Å². The minimum absolute atomic E-state index is 0.204. The van der Waals surface area contributed by atoms with Gasteiger partial charge >= 0.3 is 12.1 Å². The summed E-state index contributed by atoms with van der Waals surface area (Å²) in [6.45, 7) is 4.15. The highest BCUT2D eigenvalue weighted by atomic mass is 32.1. The Morgan fingerprint density at radius 3 is 2.47 bits per heavy atom. The predicted octanol–water partition coefficient (Wildman–Crippen LogP) is 7.27. The summed E-state index contributed by atoms with van der Waals surface area (Å²) in [4.78, 5) is 24.6. The van der Waals surface area contributed by atoms with Crippen molar-refractivity contribution in [3.63, 3.8) is 0 Å². The van der Waals surface area contributed by atoms with Crippen LogP contribution in [0.15, 0.2) is 60.9 Å². The number of hydrogen-bond donors (Lipinski definition) is 3. The van der Waals surface area contributed by atoms with Gasteiger partial charge in [-0.05, 0) is 71.2 Å². The van der Waals surface area contributed by atoms with Gasteiger partial charge in [-0.15, -0.1) is 11.3 Å². The zero-order chi connectivity index (χ0) is 31.0. The van der Waals surface area contributed by atoms with Crippen LogP contribution in [0.4, 0.5) is 24.8 Å². The molecule has 8 nitrogen and oxygen atoms in total. The number of aromatic nitrogens is 3. The molecule has 0 aliphatic heterocycles. The maximum atomic E-state index is 13.3. The fourth-order valence-electron chi connectivity index (χ4n) is 5.68. The van der Waals surface area contributed by atoms with Gasteiger partial charge in [-0.2, -0.15) is 13.2 Å². The standard InChI is InChI=1S/C31H31F3N4O4S/c1-29(2)17-30(41,10-8-23(29)26(39)40)27-36-15-24(43-27)21-12-20(19-6-4-18(5-7-19)16-42-3)13-22(14-21)37-28-35-11-9-25(38-28)31(32,33)34/h4-7,9,11-15,23,41H,8,10,16-17H2,1-3H3,(H,39,40)(H,35,37,38)/t23-,30-/m0/s1. The number of hydrogen-bond acceptors (Lipinski definition) is 8. The molecule has 5 rings (SSSR count). The van der Waals surface area contributed by atoms with Crippen molar-refractivity contribution in [2.75, 3.05) is 12.4 Å². The second-order valence-electron chi connectivity index (χ2n) is 11.5. The molecule has 2 heterocycles. The minimum Gasteiger partial charge on any atom is -0.481 e. The number of thiazole rings is 1. The fourth-order valence-corrected chi connectivity index (χ4v) is 6.70. The Balaban J connectivity index is 1.52. The number of nitrogens with one attached hydrogen (secondary N) is 1. The average molecular weight is 613 g/mol. The third-order valence-corrected chi connectivity index (χ3v) is 9.00. The number of carboxylic acids is 1. The van der Waals surface area contributed by atoms with Crippen molar-refractivity contribution in [3.8, 4) is 21.6 Å². The molecule has 0 bridgehead atoms. The van der Waals surface area contributed by atoms with E-state index in [1.54, 1.807) is 25.4 Å². The van der Waals surface area contributed by atoms with Crippen LogP contribution < -0.4 is 5.32 Å². The summed E-state index contributed by atoms with van der Waals surface area (Å²) in [6.07, 6.45) is -1.07. The lowest BCUT2D eigenvalue weighted by atomic mass is 9.63. The van der Waals surface area contributed by atoms with E-state index in [0.717, 1.165) is 39.4 Å². The van der Waals surface area contributed by atoms with Gasteiger partial charge in [-0.25, -0.2) is 15.0 Å². The van der Waals surface area contributed by atoms with E-state index in [0.29, 0.717) is 23.7 Å². The van der Waals surface area contributed by atoms with Crippen LogP contribution in [0.25, 0.3) is 21.6 Å². The van der Waals surface area contributed by atoms with Crippen molar-refractivity contribution in [1.82, 2.24) is 15.0 Å². The fraction of sp³-hybridized carbons (Fsp3) is 0.355. The SMILES string of the molecule is COCc1ccc(-c2cc(Nc3nccc(C(F)(F)F)n3)cc(-c3cnc([C@]4(O)CC[C@@H](C(=O)O)C(C)(C)C4)s3)c2)cc1. The molecule has 0 radical (unpaired) electrons. The maximum Gasteiger partial charge on any atom is 0.433 e. The van der Waals surface area contributed by atoms with Gasteiger partial charge < -0.3 is 20.3 Å². The van der Waals surface area contributed by atoms with Crippen LogP contribution in [0.2, 0.25) is 0 Å². The van der Waals surface area contributed by atoms with Crippen LogP contribution in [0.1, 0.15) is 49.4 Å². The predicted molar refractivity (Wildman–Crippen MR) is 157 cm³/mol. The van der Waals surface area contributed by atoms with Crippen LogP contribution in [-0.4, -0.2) is 38.2 Å². The largest absolute Gasteiger partial charge is 0.481 e. The van der Waals surface area contributed by atoms with Crippen molar-refractivity contribution < 1.29 is 32.9 Å². The Bertz CT molecular complexity index is 1620. The molecule has 0 saturated heterocycles. The Morgan fingerprint density at radius 2 is 1.81 bits per heavy atom. The lowest BCUT2D eigenvalue weighted by Gasteiger charge is -2.44. The van der Waals surface area contributed by atoms with Crippen molar-refractivity contribution in [2.45, 2.75) is 51.5 Å². The first-order valence-corrected chi connectivity index (χ1v) is 14.4. The summed E-state index contributed by atoms with van der Waals surface area (Å²) in [7, 11) is 1.61. The number of methoxy groups -OCH3 is 1. The van der Waals surface area contributed by atoms with Gasteiger partial charge in [0.05, 0.1) is 17.4 Å². The van der Waals surface area contributed by atoms with E-state index in [-0.39, 0.29) is 18.8 Å². The summed E-state index contributed by atoms with van der Waals surface area (Å²) in [6, 6.07) is 14.0. The number of ether oxygens (including phenoxy) is 1. The van der Waals surface area contributed by atoms with Crippen molar-refractivity contribution >= 4 is 28.9 Å². The van der Waals surface area contributed by atoms with Crippen molar-refractivity contribution in [1.29, 1.82) is 0 Å². The second kappa shape index (κ2) is 11.7. The molecule has 2 atom stereocenters. The smallest absolute Gasteiger partial charge is 0.433 e. The van der Waals surface area contributed by atoms with Gasteiger partial charge in [0.2, 0.25) is 5.95 Å². The van der Waals surface area contributed by atoms with Gasteiger partial charge in [-0.3, -0.25) is 4.79 Å². The number of rotatable bonds is 8. The van der Waals surface area contributed by atoms with Gasteiger partial charge in [-0.1, -0.05) is 38.1 Å². The van der Waals surface area contributed by atoms with Crippen LogP contribution in [-0.2, 0) is 27.9 Å². The Hall–Kier alpha value is -3.87. The summed E-state index contributed by atoms with van der Waals surface area (Å²) in [5, 5.41) is 24.6. The molecule has 1 aliphatic rings. The van der Waals surface area contributed by atoms with E-state index >= 15 is 0 Å². The number of anilines is 2. The molecule has 1 aliphatic carbocycles. The molecular formula is C31H31F3N4O4S. The topological polar surface area (TPSA) is 117 Å². The highest BCUT2D eigenvalue weighted by Crippen LogP contribution is 2.51. The van der Waals surface area contributed by atoms with Crippen molar-refractivity contribution in [3.05, 3.63) is 77.2 Å². The molecule has 2 aromatic heterocycles. The molecule has 1 fully saturated rings. The number of carboxylic acid groups (broad SMARTS) is 1.